The number of guanidine groups is 1. The molecule has 0 aliphatic carbocycles. The maximum Gasteiger partial charge on any atom is 0.238 e. The van der Waals surface area contributed by atoms with Crippen molar-refractivity contribution in [2.24, 2.45) is 10.1 Å². The van der Waals surface area contributed by atoms with E-state index in [0.29, 0.717) is 18.6 Å². The number of nitrogens with zero attached hydrogens (tertiary/aromatic N) is 2. The van der Waals surface area contributed by atoms with Gasteiger partial charge in [-0.25, -0.2) is 18.5 Å². The van der Waals surface area contributed by atoms with Crippen LogP contribution in [0.3, 0.4) is 0 Å². The van der Waals surface area contributed by atoms with Gasteiger partial charge >= 0.3 is 0 Å². The van der Waals surface area contributed by atoms with Crippen molar-refractivity contribution in [2.75, 3.05) is 13.1 Å². The molecule has 1 aliphatic rings. The molecule has 2 unspecified atom stereocenters. The first-order valence-corrected chi connectivity index (χ1v) is 11.8. The fourth-order valence-electron chi connectivity index (χ4n) is 3.71. The first-order chi connectivity index (χ1) is 14.3. The van der Waals surface area contributed by atoms with Crippen LogP contribution in [0.4, 0.5) is 0 Å². The average molecular weight is 430 g/mol. The fourth-order valence-corrected chi connectivity index (χ4v) is 4.22. The van der Waals surface area contributed by atoms with Crippen LogP contribution in [0.25, 0.3) is 0 Å². The van der Waals surface area contributed by atoms with Crippen LogP contribution in [0.1, 0.15) is 31.4 Å². The van der Waals surface area contributed by atoms with Gasteiger partial charge in [0.25, 0.3) is 0 Å². The highest BCUT2D eigenvalue weighted by atomic mass is 32.2. The van der Waals surface area contributed by atoms with Crippen molar-refractivity contribution in [3.63, 3.8) is 0 Å². The Morgan fingerprint density at radius 2 is 1.83 bits per heavy atom. The molecule has 1 saturated heterocycles. The summed E-state index contributed by atoms with van der Waals surface area (Å²) >= 11 is 0. The molecule has 1 aliphatic heterocycles. The van der Waals surface area contributed by atoms with Gasteiger partial charge in [0.05, 0.1) is 11.4 Å². The lowest BCUT2D eigenvalue weighted by atomic mass is 10.2. The number of hydrogen-bond acceptors (Lipinski definition) is 4. The third-order valence-electron chi connectivity index (χ3n) is 5.29. The van der Waals surface area contributed by atoms with Crippen LogP contribution in [0.15, 0.2) is 64.5 Å². The Labute approximate surface area is 179 Å². The third kappa shape index (κ3) is 6.29. The second-order valence-corrected chi connectivity index (χ2v) is 9.29. The lowest BCUT2D eigenvalue weighted by Crippen LogP contribution is -2.44. The van der Waals surface area contributed by atoms with Crippen molar-refractivity contribution >= 4 is 16.0 Å². The molecule has 8 heteroatoms. The molecule has 30 heavy (non-hydrogen) atoms. The molecule has 2 aromatic carbocycles. The number of rotatable bonds is 7. The Morgan fingerprint density at radius 3 is 2.47 bits per heavy atom. The Bertz CT molecular complexity index is 945. The van der Waals surface area contributed by atoms with E-state index in [-0.39, 0.29) is 4.90 Å². The summed E-state index contributed by atoms with van der Waals surface area (Å²) in [6.45, 7) is 7.44. The van der Waals surface area contributed by atoms with Crippen molar-refractivity contribution in [1.29, 1.82) is 0 Å². The minimum atomic E-state index is -3.67. The molecule has 0 amide bonds. The molecule has 0 saturated carbocycles. The van der Waals surface area contributed by atoms with Gasteiger partial charge in [-0.15, -0.1) is 0 Å². The largest absolute Gasteiger partial charge is 0.357 e. The van der Waals surface area contributed by atoms with Crippen LogP contribution >= 0.6 is 0 Å². The number of likely N-dealkylation sites (tertiary alicyclic amines) is 1. The predicted molar refractivity (Wildman–Crippen MR) is 120 cm³/mol. The van der Waals surface area contributed by atoms with Gasteiger partial charge in [0.2, 0.25) is 10.0 Å². The van der Waals surface area contributed by atoms with E-state index in [1.165, 1.54) is 17.7 Å². The highest BCUT2D eigenvalue weighted by Gasteiger charge is 2.29. The van der Waals surface area contributed by atoms with Crippen molar-refractivity contribution in [3.8, 4) is 0 Å². The molecule has 2 aromatic rings. The molecule has 0 aromatic heterocycles. The second-order valence-electron chi connectivity index (χ2n) is 7.73. The Balaban J connectivity index is 1.59. The summed E-state index contributed by atoms with van der Waals surface area (Å²) < 4.78 is 22.8. The van der Waals surface area contributed by atoms with Crippen LogP contribution in [-0.4, -0.2) is 44.5 Å². The lowest BCUT2D eigenvalue weighted by Gasteiger charge is -2.21. The van der Waals surface area contributed by atoms with Crippen molar-refractivity contribution in [3.05, 3.63) is 65.7 Å². The summed E-state index contributed by atoms with van der Waals surface area (Å²) in [6.07, 6.45) is 1.06. The van der Waals surface area contributed by atoms with E-state index in [2.05, 4.69) is 51.7 Å². The number of primary sulfonamides is 1. The summed E-state index contributed by atoms with van der Waals surface area (Å²) in [5, 5.41) is 12.0. The van der Waals surface area contributed by atoms with E-state index >= 15 is 0 Å². The van der Waals surface area contributed by atoms with Crippen molar-refractivity contribution < 1.29 is 8.42 Å². The molecule has 1 heterocycles. The lowest BCUT2D eigenvalue weighted by molar-refractivity contribution is 0.258. The summed E-state index contributed by atoms with van der Waals surface area (Å²) in [4.78, 5) is 7.27. The third-order valence-corrected chi connectivity index (χ3v) is 6.22. The Hall–Kier alpha value is -2.42. The number of nitrogens with two attached hydrogens (primary N) is 1. The quantitative estimate of drug-likeness (QED) is 0.462. The minimum Gasteiger partial charge on any atom is -0.357 e. The van der Waals surface area contributed by atoms with Gasteiger partial charge in [-0.05, 0) is 43.5 Å². The zero-order valence-electron chi connectivity index (χ0n) is 17.6. The van der Waals surface area contributed by atoms with Gasteiger partial charge < -0.3 is 10.6 Å². The molecule has 0 bridgehead atoms. The van der Waals surface area contributed by atoms with E-state index in [9.17, 15) is 8.42 Å². The molecule has 0 spiro atoms. The molecule has 0 radical (unpaired) electrons. The number of sulfonamides is 1. The van der Waals surface area contributed by atoms with Gasteiger partial charge in [-0.3, -0.25) is 4.90 Å². The van der Waals surface area contributed by atoms with Crippen LogP contribution < -0.4 is 15.8 Å². The normalized spacial score (nSPS) is 20.3. The van der Waals surface area contributed by atoms with Crippen LogP contribution in [0, 0.1) is 0 Å². The minimum absolute atomic E-state index is 0.110. The molecule has 1 fully saturated rings. The van der Waals surface area contributed by atoms with Crippen molar-refractivity contribution in [1.82, 2.24) is 15.5 Å². The molecule has 3 rings (SSSR count). The first-order valence-electron chi connectivity index (χ1n) is 10.3. The second kappa shape index (κ2) is 10.1. The maximum absolute atomic E-state index is 11.4. The van der Waals surface area contributed by atoms with E-state index in [0.717, 1.165) is 37.6 Å². The van der Waals surface area contributed by atoms with Gasteiger partial charge in [0.15, 0.2) is 5.96 Å². The van der Waals surface area contributed by atoms with E-state index < -0.39 is 10.0 Å². The number of hydrogen-bond donors (Lipinski definition) is 3. The fraction of sp³-hybridized carbons (Fsp3) is 0.409. The molecular weight excluding hydrogens is 398 g/mol. The molecule has 162 valence electrons. The molecule has 2 atom stereocenters. The van der Waals surface area contributed by atoms with Gasteiger partial charge in [-0.2, -0.15) is 0 Å². The van der Waals surface area contributed by atoms with Gasteiger partial charge in [0.1, 0.15) is 0 Å². The van der Waals surface area contributed by atoms with E-state index in [1.807, 2.05) is 13.0 Å². The number of nitrogens with one attached hydrogen (secondary N) is 2. The highest BCUT2D eigenvalue weighted by molar-refractivity contribution is 7.89. The zero-order chi connectivity index (χ0) is 21.6. The molecular formula is C22H31N5O2S. The smallest absolute Gasteiger partial charge is 0.238 e. The predicted octanol–water partition coefficient (Wildman–Crippen LogP) is 2.05. The molecule has 7 nitrogen and oxygen atoms in total. The Morgan fingerprint density at radius 1 is 1.13 bits per heavy atom. The number of benzene rings is 2. The topological polar surface area (TPSA) is 99.8 Å². The zero-order valence-corrected chi connectivity index (χ0v) is 18.4. The summed E-state index contributed by atoms with van der Waals surface area (Å²) in [6, 6.07) is 17.9. The summed E-state index contributed by atoms with van der Waals surface area (Å²) in [7, 11) is -3.67. The summed E-state index contributed by atoms with van der Waals surface area (Å²) in [5.74, 6) is 0.770. The molecule has 4 N–H and O–H groups in total. The van der Waals surface area contributed by atoms with Gasteiger partial charge in [-0.1, -0.05) is 42.5 Å². The summed E-state index contributed by atoms with van der Waals surface area (Å²) in [5.41, 5.74) is 2.25. The van der Waals surface area contributed by atoms with Crippen LogP contribution in [0.5, 0.6) is 0 Å². The van der Waals surface area contributed by atoms with Crippen LogP contribution in [-0.2, 0) is 23.1 Å². The van der Waals surface area contributed by atoms with E-state index in [4.69, 9.17) is 5.14 Å². The monoisotopic (exact) mass is 429 g/mol. The Kier molecular flexibility index (Phi) is 7.47. The van der Waals surface area contributed by atoms with E-state index in [1.54, 1.807) is 12.1 Å². The standard InChI is InChI=1S/C22H31N5O2S/c1-3-24-22(25-14-18-9-11-21(12-10-18)30(23,28)29)26-20-13-17(2)27(16-20)15-19-7-5-4-6-8-19/h4-12,17,20H,3,13-16H2,1-2H3,(H2,23,28,29)(H2,24,25,26). The van der Waals surface area contributed by atoms with Gasteiger partial charge in [0, 0.05) is 31.7 Å². The SMILES string of the molecule is CCNC(=NCc1ccc(S(N)(=O)=O)cc1)NC1CC(C)N(Cc2ccccc2)C1. The highest BCUT2D eigenvalue weighted by Crippen LogP contribution is 2.20. The average Bonchev–Trinajstić information content (AvgIpc) is 3.05. The first kappa shape index (κ1) is 22.3. The maximum atomic E-state index is 11.4. The number of aliphatic imine (C=N–C) groups is 1. The van der Waals surface area contributed by atoms with Crippen LogP contribution in [0.2, 0.25) is 0 Å². The van der Waals surface area contributed by atoms with Crippen molar-refractivity contribution in [2.45, 2.75) is 50.3 Å².